The quantitative estimate of drug-likeness (QED) is 0.494. The molecule has 0 bridgehead atoms. The molecular weight excluding hydrogens is 423 g/mol. The van der Waals surface area contributed by atoms with Crippen LogP contribution in [-0.2, 0) is 5.92 Å². The average molecular weight is 428 g/mol. The minimum atomic E-state index is -8.03. The maximum atomic E-state index is 13.7. The summed E-state index contributed by atoms with van der Waals surface area (Å²) in [6.45, 7) is 0. The molecule has 0 atom stereocenters. The van der Waals surface area contributed by atoms with Crippen molar-refractivity contribution in [2.75, 3.05) is 0 Å². The number of rotatable bonds is 5. The Morgan fingerprint density at radius 2 is 0.963 bits per heavy atom. The Morgan fingerprint density at radius 3 is 1.37 bits per heavy atom. The Morgan fingerprint density at radius 1 is 0.556 bits per heavy atom. The highest BCUT2D eigenvalue weighted by atomic mass is 19.4. The summed E-state index contributed by atoms with van der Waals surface area (Å²) in [6, 6.07) is 0.325. The molecule has 0 unspecified atom stereocenters. The minimum absolute atomic E-state index is 0.245. The number of hydrogen-bond acceptors (Lipinski definition) is 2. The smallest absolute Gasteiger partial charge is 0.460 e. The van der Waals surface area contributed by atoms with E-state index >= 15 is 0 Å². The highest BCUT2D eigenvalue weighted by Crippen LogP contribution is 2.62. The van der Waals surface area contributed by atoms with Gasteiger partial charge in [0.1, 0.15) is 0 Å². The van der Waals surface area contributed by atoms with Gasteiger partial charge in [-0.25, -0.2) is 0 Å². The van der Waals surface area contributed by atoms with E-state index in [4.69, 9.17) is 10.2 Å². The Hall–Kier alpha value is -2.09. The van der Waals surface area contributed by atoms with Gasteiger partial charge in [-0.2, -0.15) is 57.1 Å². The lowest BCUT2D eigenvalue weighted by Gasteiger charge is -2.39. The SMILES string of the molecule is Oc1cccc(C(F)(F)C(F)(F)C(F)(F)C(F)(F)C(F)(F)C(F)(F)F)c1O. The van der Waals surface area contributed by atoms with Gasteiger partial charge in [-0.05, 0) is 12.1 Å². The fraction of sp³-hybridized carbons (Fsp3) is 0.500. The molecule has 15 heteroatoms. The summed E-state index contributed by atoms with van der Waals surface area (Å²) in [5, 5.41) is 17.9. The molecule has 1 aromatic rings. The third kappa shape index (κ3) is 2.90. The van der Waals surface area contributed by atoms with Crippen molar-refractivity contribution in [1.29, 1.82) is 0 Å². The fourth-order valence-electron chi connectivity index (χ4n) is 1.72. The van der Waals surface area contributed by atoms with Crippen molar-refractivity contribution in [3.05, 3.63) is 23.8 Å². The van der Waals surface area contributed by atoms with E-state index in [-0.39, 0.29) is 12.1 Å². The largest absolute Gasteiger partial charge is 0.504 e. The van der Waals surface area contributed by atoms with E-state index in [1.807, 2.05) is 0 Å². The molecule has 0 spiro atoms. The van der Waals surface area contributed by atoms with Gasteiger partial charge in [0.15, 0.2) is 11.5 Å². The van der Waals surface area contributed by atoms with Gasteiger partial charge in [0, 0.05) is 0 Å². The molecule has 27 heavy (non-hydrogen) atoms. The zero-order valence-electron chi connectivity index (χ0n) is 12.0. The first-order valence-electron chi connectivity index (χ1n) is 6.15. The predicted molar refractivity (Wildman–Crippen MR) is 59.5 cm³/mol. The first kappa shape index (κ1) is 23.0. The van der Waals surface area contributed by atoms with Crippen LogP contribution < -0.4 is 0 Å². The van der Waals surface area contributed by atoms with Crippen LogP contribution in [0, 0.1) is 0 Å². The molecule has 2 nitrogen and oxygen atoms in total. The van der Waals surface area contributed by atoms with E-state index in [1.165, 1.54) is 0 Å². The molecule has 2 N–H and O–H groups in total. The van der Waals surface area contributed by atoms with Crippen LogP contribution in [0.25, 0.3) is 0 Å². The van der Waals surface area contributed by atoms with E-state index in [0.717, 1.165) is 0 Å². The second kappa shape index (κ2) is 5.95. The minimum Gasteiger partial charge on any atom is -0.504 e. The first-order chi connectivity index (χ1) is 11.7. The van der Waals surface area contributed by atoms with E-state index in [9.17, 15) is 57.1 Å². The Kier molecular flexibility index (Phi) is 5.06. The average Bonchev–Trinajstić information content (AvgIpc) is 2.47. The summed E-state index contributed by atoms with van der Waals surface area (Å²) in [7, 11) is 0. The highest BCUT2D eigenvalue weighted by Gasteiger charge is 2.91. The predicted octanol–water partition coefficient (Wildman–Crippen LogP) is 5.29. The molecular formula is C12H5F13O2. The van der Waals surface area contributed by atoms with E-state index in [1.54, 1.807) is 0 Å². The van der Waals surface area contributed by atoms with Crippen LogP contribution in [0.2, 0.25) is 0 Å². The van der Waals surface area contributed by atoms with E-state index < -0.39 is 52.9 Å². The van der Waals surface area contributed by atoms with Crippen molar-refractivity contribution in [1.82, 2.24) is 0 Å². The Labute approximate surface area is 139 Å². The maximum absolute atomic E-state index is 13.7. The zero-order valence-corrected chi connectivity index (χ0v) is 12.0. The summed E-state index contributed by atoms with van der Waals surface area (Å²) < 4.78 is 168. The van der Waals surface area contributed by atoms with Gasteiger partial charge < -0.3 is 10.2 Å². The van der Waals surface area contributed by atoms with Crippen LogP contribution in [0.5, 0.6) is 11.5 Å². The van der Waals surface area contributed by atoms with E-state index in [0.29, 0.717) is 6.07 Å². The van der Waals surface area contributed by atoms with Crippen LogP contribution >= 0.6 is 0 Å². The summed E-state index contributed by atoms with van der Waals surface area (Å²) >= 11 is 0. The topological polar surface area (TPSA) is 40.5 Å². The van der Waals surface area contributed by atoms with Crippen LogP contribution in [0.3, 0.4) is 0 Å². The monoisotopic (exact) mass is 428 g/mol. The van der Waals surface area contributed by atoms with Crippen molar-refractivity contribution in [2.24, 2.45) is 0 Å². The number of aromatic hydroxyl groups is 2. The maximum Gasteiger partial charge on any atom is 0.460 e. The number of phenols is 2. The molecule has 0 fully saturated rings. The summed E-state index contributed by atoms with van der Waals surface area (Å²) in [5.74, 6) is -41.9. The molecule has 1 rings (SSSR count). The van der Waals surface area contributed by atoms with Crippen molar-refractivity contribution in [3.63, 3.8) is 0 Å². The lowest BCUT2D eigenvalue weighted by atomic mass is 9.90. The fourth-order valence-corrected chi connectivity index (χ4v) is 1.72. The molecule has 0 saturated carbocycles. The van der Waals surface area contributed by atoms with Gasteiger partial charge >= 0.3 is 35.8 Å². The molecule has 0 aliphatic heterocycles. The normalized spacial score (nSPS) is 15.1. The van der Waals surface area contributed by atoms with Gasteiger partial charge in [-0.15, -0.1) is 0 Å². The molecule has 0 amide bonds. The van der Waals surface area contributed by atoms with Crippen molar-refractivity contribution < 1.29 is 67.3 Å². The number of para-hydroxylation sites is 1. The van der Waals surface area contributed by atoms with Gasteiger partial charge in [-0.1, -0.05) is 6.07 Å². The molecule has 0 radical (unpaired) electrons. The van der Waals surface area contributed by atoms with Crippen LogP contribution in [0.1, 0.15) is 5.56 Å². The summed E-state index contributed by atoms with van der Waals surface area (Å²) in [5.41, 5.74) is -2.63. The van der Waals surface area contributed by atoms with E-state index in [2.05, 4.69) is 0 Å². The second-order valence-electron chi connectivity index (χ2n) is 5.04. The third-order valence-electron chi connectivity index (χ3n) is 3.29. The first-order valence-corrected chi connectivity index (χ1v) is 6.15. The third-order valence-corrected chi connectivity index (χ3v) is 3.29. The standard InChI is InChI=1S/C12H5F13O2/c13-7(14,4-2-1-3-5(26)6(4)27)8(15,16)9(17,18)10(19,20)11(21,22)12(23,24)25/h1-3,26-27H. The second-order valence-corrected chi connectivity index (χ2v) is 5.04. The summed E-state index contributed by atoms with van der Waals surface area (Å²) in [4.78, 5) is 0. The molecule has 156 valence electrons. The molecule has 0 aliphatic rings. The lowest BCUT2D eigenvalue weighted by molar-refractivity contribution is -0.441. The number of hydrogen-bond donors (Lipinski definition) is 2. The van der Waals surface area contributed by atoms with Crippen molar-refractivity contribution in [3.8, 4) is 11.5 Å². The molecule has 0 saturated heterocycles. The summed E-state index contributed by atoms with van der Waals surface area (Å²) in [6.07, 6.45) is -7.50. The Balaban J connectivity index is 3.66. The van der Waals surface area contributed by atoms with Gasteiger partial charge in [0.2, 0.25) is 0 Å². The zero-order chi connectivity index (χ0) is 21.9. The number of phenolic OH excluding ortho intramolecular Hbond substituents is 2. The number of halogens is 13. The van der Waals surface area contributed by atoms with Crippen LogP contribution in [0.15, 0.2) is 18.2 Å². The van der Waals surface area contributed by atoms with Crippen molar-refractivity contribution >= 4 is 0 Å². The molecule has 1 aromatic carbocycles. The van der Waals surface area contributed by atoms with Crippen LogP contribution in [0.4, 0.5) is 57.1 Å². The van der Waals surface area contributed by atoms with Gasteiger partial charge in [-0.3, -0.25) is 0 Å². The molecule has 0 heterocycles. The number of benzene rings is 1. The van der Waals surface area contributed by atoms with Gasteiger partial charge in [0.25, 0.3) is 0 Å². The van der Waals surface area contributed by atoms with Crippen LogP contribution in [-0.4, -0.2) is 40.1 Å². The Bertz CT molecular complexity index is 708. The highest BCUT2D eigenvalue weighted by molar-refractivity contribution is 5.47. The lowest BCUT2D eigenvalue weighted by Crippen LogP contribution is -2.69. The number of alkyl halides is 13. The molecule has 0 aromatic heterocycles. The van der Waals surface area contributed by atoms with Gasteiger partial charge in [0.05, 0.1) is 5.56 Å². The molecule has 0 aliphatic carbocycles. The van der Waals surface area contributed by atoms with Crippen molar-refractivity contribution in [2.45, 2.75) is 35.8 Å².